The second-order valence-corrected chi connectivity index (χ2v) is 6.36. The van der Waals surface area contributed by atoms with Gasteiger partial charge in [-0.05, 0) is 31.9 Å². The van der Waals surface area contributed by atoms with Crippen LogP contribution in [-0.2, 0) is 14.8 Å². The van der Waals surface area contributed by atoms with E-state index in [0.717, 1.165) is 12.8 Å². The van der Waals surface area contributed by atoms with Gasteiger partial charge in [-0.25, -0.2) is 13.4 Å². The fraction of sp³-hybridized carbons (Fsp3) is 0.500. The van der Waals surface area contributed by atoms with E-state index in [9.17, 15) is 13.2 Å². The minimum absolute atomic E-state index is 0.117. The van der Waals surface area contributed by atoms with E-state index < -0.39 is 16.1 Å². The lowest BCUT2D eigenvalue weighted by atomic mass is 10.3. The van der Waals surface area contributed by atoms with Gasteiger partial charge in [-0.1, -0.05) is 0 Å². The number of carbonyl (C=O) groups is 1. The van der Waals surface area contributed by atoms with Crippen LogP contribution in [-0.4, -0.2) is 38.4 Å². The number of pyridine rings is 1. The fourth-order valence-corrected chi connectivity index (χ4v) is 3.03. The summed E-state index contributed by atoms with van der Waals surface area (Å²) in [5, 5.41) is 5.40. The summed E-state index contributed by atoms with van der Waals surface area (Å²) in [7, 11) is -2.24. The molecule has 1 fully saturated rings. The molecule has 0 saturated heterocycles. The average molecular weight is 298 g/mol. The second-order valence-electron chi connectivity index (χ2n) is 4.73. The topological polar surface area (TPSA) is 100 Å². The molecular weight excluding hydrogens is 280 g/mol. The number of carbonyl (C=O) groups excluding carboxylic acids is 1. The number of amides is 1. The molecule has 1 atom stereocenters. The van der Waals surface area contributed by atoms with Crippen LogP contribution in [0.15, 0.2) is 23.4 Å². The zero-order valence-electron chi connectivity index (χ0n) is 11.4. The molecule has 1 amide bonds. The van der Waals surface area contributed by atoms with Crippen LogP contribution in [0.2, 0.25) is 0 Å². The predicted molar refractivity (Wildman–Crippen MR) is 74.7 cm³/mol. The van der Waals surface area contributed by atoms with E-state index in [0.29, 0.717) is 5.69 Å². The first-order valence-electron chi connectivity index (χ1n) is 6.39. The van der Waals surface area contributed by atoms with Gasteiger partial charge in [0.15, 0.2) is 5.03 Å². The van der Waals surface area contributed by atoms with Crippen LogP contribution >= 0.6 is 0 Å². The third-order valence-electron chi connectivity index (χ3n) is 2.94. The van der Waals surface area contributed by atoms with Crippen molar-refractivity contribution in [3.8, 4) is 0 Å². The lowest BCUT2D eigenvalue weighted by Gasteiger charge is -2.15. The van der Waals surface area contributed by atoms with E-state index in [4.69, 9.17) is 0 Å². The van der Waals surface area contributed by atoms with Crippen molar-refractivity contribution in [2.75, 3.05) is 12.4 Å². The first-order valence-corrected chi connectivity index (χ1v) is 7.88. The van der Waals surface area contributed by atoms with Gasteiger partial charge in [0.1, 0.15) is 0 Å². The quantitative estimate of drug-likeness (QED) is 0.690. The minimum atomic E-state index is -3.85. The van der Waals surface area contributed by atoms with Crippen LogP contribution < -0.4 is 15.4 Å². The van der Waals surface area contributed by atoms with Crippen LogP contribution in [0.3, 0.4) is 0 Å². The first kappa shape index (κ1) is 14.7. The maximum absolute atomic E-state index is 12.2. The van der Waals surface area contributed by atoms with Gasteiger partial charge < -0.3 is 10.6 Å². The van der Waals surface area contributed by atoms with Crippen molar-refractivity contribution in [1.82, 2.24) is 15.0 Å². The van der Waals surface area contributed by atoms with Gasteiger partial charge in [0, 0.05) is 19.3 Å². The summed E-state index contributed by atoms with van der Waals surface area (Å²) in [6.07, 6.45) is 3.30. The summed E-state index contributed by atoms with van der Waals surface area (Å²) in [6.45, 7) is 1.51. The van der Waals surface area contributed by atoms with Crippen molar-refractivity contribution in [3.05, 3.63) is 18.3 Å². The second kappa shape index (κ2) is 5.76. The molecule has 1 heterocycles. The van der Waals surface area contributed by atoms with Gasteiger partial charge in [-0.15, -0.1) is 0 Å². The molecule has 1 unspecified atom stereocenters. The van der Waals surface area contributed by atoms with Crippen molar-refractivity contribution in [2.45, 2.75) is 36.9 Å². The molecular formula is C12H18N4O3S. The summed E-state index contributed by atoms with van der Waals surface area (Å²) in [6, 6.07) is 2.59. The summed E-state index contributed by atoms with van der Waals surface area (Å²) in [4.78, 5) is 15.6. The Bertz CT molecular complexity index is 598. The number of anilines is 1. The van der Waals surface area contributed by atoms with E-state index in [1.807, 2.05) is 0 Å². The molecule has 0 spiro atoms. The lowest BCUT2D eigenvalue weighted by molar-refractivity contribution is -0.122. The number of nitrogens with one attached hydrogen (secondary N) is 3. The Morgan fingerprint density at radius 2 is 2.15 bits per heavy atom. The maximum Gasteiger partial charge on any atom is 0.260 e. The molecule has 110 valence electrons. The Morgan fingerprint density at radius 3 is 2.75 bits per heavy atom. The lowest BCUT2D eigenvalue weighted by Crippen LogP contribution is -2.45. The summed E-state index contributed by atoms with van der Waals surface area (Å²) in [5.41, 5.74) is 0.384. The number of hydrogen-bond donors (Lipinski definition) is 3. The van der Waals surface area contributed by atoms with Crippen molar-refractivity contribution >= 4 is 21.6 Å². The normalized spacial score (nSPS) is 16.5. The van der Waals surface area contributed by atoms with E-state index in [1.165, 1.54) is 13.1 Å². The number of aromatic nitrogens is 1. The first-order chi connectivity index (χ1) is 9.44. The van der Waals surface area contributed by atoms with Gasteiger partial charge in [0.25, 0.3) is 10.0 Å². The van der Waals surface area contributed by atoms with Crippen LogP contribution in [0.1, 0.15) is 19.8 Å². The molecule has 1 saturated carbocycles. The van der Waals surface area contributed by atoms with E-state index in [1.54, 1.807) is 19.2 Å². The molecule has 2 rings (SSSR count). The van der Waals surface area contributed by atoms with Crippen molar-refractivity contribution in [3.63, 3.8) is 0 Å². The SMILES string of the molecule is CNc1cccnc1S(=O)(=O)NC(C)C(=O)NC1CC1. The number of sulfonamides is 1. The Hall–Kier alpha value is -1.67. The Balaban J connectivity index is 2.11. The monoisotopic (exact) mass is 298 g/mol. The Labute approximate surface area is 118 Å². The summed E-state index contributed by atoms with van der Waals surface area (Å²) < 4.78 is 26.8. The highest BCUT2D eigenvalue weighted by atomic mass is 32.2. The summed E-state index contributed by atoms with van der Waals surface area (Å²) in [5.74, 6) is -0.321. The molecule has 0 bridgehead atoms. The average Bonchev–Trinajstić information content (AvgIpc) is 3.22. The Morgan fingerprint density at radius 1 is 1.45 bits per heavy atom. The van der Waals surface area contributed by atoms with Gasteiger partial charge >= 0.3 is 0 Å². The predicted octanol–water partition coefficient (Wildman–Crippen LogP) is 0.0687. The molecule has 1 aromatic heterocycles. The van der Waals surface area contributed by atoms with Crippen LogP contribution in [0.25, 0.3) is 0 Å². The highest BCUT2D eigenvalue weighted by Gasteiger charge is 2.29. The number of hydrogen-bond acceptors (Lipinski definition) is 5. The molecule has 1 aliphatic carbocycles. The van der Waals surface area contributed by atoms with E-state index >= 15 is 0 Å². The third kappa shape index (κ3) is 3.45. The van der Waals surface area contributed by atoms with Gasteiger partial charge in [-0.3, -0.25) is 4.79 Å². The molecule has 1 aromatic rings. The molecule has 3 N–H and O–H groups in total. The largest absolute Gasteiger partial charge is 0.386 e. The van der Waals surface area contributed by atoms with E-state index in [2.05, 4.69) is 20.3 Å². The fourth-order valence-electron chi connectivity index (χ4n) is 1.69. The van der Waals surface area contributed by atoms with Crippen molar-refractivity contribution < 1.29 is 13.2 Å². The Kier molecular flexibility index (Phi) is 4.24. The third-order valence-corrected chi connectivity index (χ3v) is 4.44. The molecule has 0 aromatic carbocycles. The van der Waals surface area contributed by atoms with Crippen molar-refractivity contribution in [1.29, 1.82) is 0 Å². The molecule has 0 aliphatic heterocycles. The zero-order valence-corrected chi connectivity index (χ0v) is 12.2. The molecule has 0 radical (unpaired) electrons. The number of rotatable bonds is 6. The smallest absolute Gasteiger partial charge is 0.260 e. The molecule has 20 heavy (non-hydrogen) atoms. The molecule has 8 heteroatoms. The van der Waals surface area contributed by atoms with Crippen molar-refractivity contribution in [2.24, 2.45) is 0 Å². The number of nitrogens with zero attached hydrogens (tertiary/aromatic N) is 1. The minimum Gasteiger partial charge on any atom is -0.386 e. The molecule has 7 nitrogen and oxygen atoms in total. The van der Waals surface area contributed by atoms with Crippen LogP contribution in [0.5, 0.6) is 0 Å². The molecule has 1 aliphatic rings. The standard InChI is InChI=1S/C12H18N4O3S/c1-8(11(17)15-9-5-6-9)16-20(18,19)12-10(13-2)4-3-7-14-12/h3-4,7-9,13,16H,5-6H2,1-2H3,(H,15,17). The van der Waals surface area contributed by atoms with Crippen LogP contribution in [0, 0.1) is 0 Å². The van der Waals surface area contributed by atoms with Gasteiger partial charge in [0.2, 0.25) is 5.91 Å². The van der Waals surface area contributed by atoms with Gasteiger partial charge in [-0.2, -0.15) is 4.72 Å². The maximum atomic E-state index is 12.2. The zero-order chi connectivity index (χ0) is 14.8. The van der Waals surface area contributed by atoms with Crippen LogP contribution in [0.4, 0.5) is 5.69 Å². The van der Waals surface area contributed by atoms with Gasteiger partial charge in [0.05, 0.1) is 11.7 Å². The summed E-state index contributed by atoms with van der Waals surface area (Å²) >= 11 is 0. The highest BCUT2D eigenvalue weighted by Crippen LogP contribution is 2.19. The van der Waals surface area contributed by atoms with E-state index in [-0.39, 0.29) is 17.0 Å². The highest BCUT2D eigenvalue weighted by molar-refractivity contribution is 7.89.